The second-order valence-corrected chi connectivity index (χ2v) is 8.68. The molecule has 0 unspecified atom stereocenters. The van der Waals surface area contributed by atoms with E-state index >= 15 is 0 Å². The second-order valence-electron chi connectivity index (χ2n) is 7.73. The highest BCUT2D eigenvalue weighted by Gasteiger charge is 2.17. The third-order valence-electron chi connectivity index (χ3n) is 4.94. The van der Waals surface area contributed by atoms with Gasteiger partial charge in [-0.2, -0.15) is 0 Å². The standard InChI is InChI=1S/C24H29N5O2S/c1-5-29-21(14-22(30)26-20-12-16(2)11-17(3)13-20)27-28-24(29)32-15-23(31)25-18(4)19-9-7-6-8-10-19/h6-13,18H,5,14-15H2,1-4H3,(H,25,31)(H,26,30)/t18-/m1/s1. The van der Waals surface area contributed by atoms with Crippen LogP contribution in [-0.2, 0) is 22.6 Å². The summed E-state index contributed by atoms with van der Waals surface area (Å²) in [5, 5.41) is 14.9. The summed E-state index contributed by atoms with van der Waals surface area (Å²) in [6.45, 7) is 8.53. The molecule has 0 fully saturated rings. The summed E-state index contributed by atoms with van der Waals surface area (Å²) < 4.78 is 1.87. The topological polar surface area (TPSA) is 88.9 Å². The Morgan fingerprint density at radius 3 is 2.38 bits per heavy atom. The quantitative estimate of drug-likeness (QED) is 0.479. The Morgan fingerprint density at radius 2 is 1.72 bits per heavy atom. The van der Waals surface area contributed by atoms with E-state index in [9.17, 15) is 9.59 Å². The molecule has 0 aliphatic heterocycles. The molecular weight excluding hydrogens is 422 g/mol. The number of carbonyl (C=O) groups excluding carboxylic acids is 2. The molecule has 1 aromatic heterocycles. The molecule has 2 N–H and O–H groups in total. The molecule has 0 saturated heterocycles. The molecule has 168 valence electrons. The minimum absolute atomic E-state index is 0.0714. The van der Waals surface area contributed by atoms with Crippen molar-refractivity contribution in [1.29, 1.82) is 0 Å². The van der Waals surface area contributed by atoms with E-state index in [1.165, 1.54) is 11.8 Å². The summed E-state index contributed by atoms with van der Waals surface area (Å²) in [4.78, 5) is 24.9. The van der Waals surface area contributed by atoms with Crippen LogP contribution < -0.4 is 10.6 Å². The van der Waals surface area contributed by atoms with Gasteiger partial charge in [0, 0.05) is 12.2 Å². The van der Waals surface area contributed by atoms with Gasteiger partial charge in [-0.05, 0) is 56.5 Å². The Balaban J connectivity index is 1.57. The van der Waals surface area contributed by atoms with Gasteiger partial charge in [0.05, 0.1) is 18.2 Å². The highest BCUT2D eigenvalue weighted by Crippen LogP contribution is 2.19. The van der Waals surface area contributed by atoms with Crippen molar-refractivity contribution in [3.05, 3.63) is 71.0 Å². The van der Waals surface area contributed by atoms with Crippen molar-refractivity contribution in [3.8, 4) is 0 Å². The molecule has 2 amide bonds. The fourth-order valence-corrected chi connectivity index (χ4v) is 4.34. The predicted molar refractivity (Wildman–Crippen MR) is 128 cm³/mol. The minimum Gasteiger partial charge on any atom is -0.349 e. The molecule has 1 atom stereocenters. The van der Waals surface area contributed by atoms with Gasteiger partial charge in [0.2, 0.25) is 11.8 Å². The maximum atomic E-state index is 12.5. The van der Waals surface area contributed by atoms with E-state index in [1.807, 2.05) is 74.7 Å². The van der Waals surface area contributed by atoms with Crippen LogP contribution in [0.5, 0.6) is 0 Å². The molecule has 0 radical (unpaired) electrons. The van der Waals surface area contributed by atoms with Crippen LogP contribution in [-0.4, -0.2) is 32.3 Å². The molecule has 1 heterocycles. The van der Waals surface area contributed by atoms with Gasteiger partial charge >= 0.3 is 0 Å². The number of nitrogens with zero attached hydrogens (tertiary/aromatic N) is 3. The van der Waals surface area contributed by atoms with Gasteiger partial charge in [-0.1, -0.05) is 48.2 Å². The predicted octanol–water partition coefficient (Wildman–Crippen LogP) is 4.07. The molecule has 3 aromatic rings. The Hall–Kier alpha value is -3.13. The van der Waals surface area contributed by atoms with Gasteiger partial charge in [0.15, 0.2) is 5.16 Å². The average Bonchev–Trinajstić information content (AvgIpc) is 3.13. The number of nitrogens with one attached hydrogen (secondary N) is 2. The number of aromatic nitrogens is 3. The van der Waals surface area contributed by atoms with E-state index in [4.69, 9.17) is 0 Å². The zero-order valence-electron chi connectivity index (χ0n) is 18.9. The number of benzene rings is 2. The number of carbonyl (C=O) groups is 2. The maximum absolute atomic E-state index is 12.5. The van der Waals surface area contributed by atoms with Crippen LogP contribution in [0.25, 0.3) is 0 Å². The van der Waals surface area contributed by atoms with Crippen molar-refractivity contribution in [1.82, 2.24) is 20.1 Å². The van der Waals surface area contributed by atoms with Crippen molar-refractivity contribution in [2.75, 3.05) is 11.1 Å². The summed E-state index contributed by atoms with van der Waals surface area (Å²) in [6, 6.07) is 15.7. The van der Waals surface area contributed by atoms with Gasteiger partial charge in [-0.3, -0.25) is 9.59 Å². The summed E-state index contributed by atoms with van der Waals surface area (Å²) in [5.41, 5.74) is 4.01. The first-order chi connectivity index (χ1) is 15.4. The first-order valence-corrected chi connectivity index (χ1v) is 11.6. The summed E-state index contributed by atoms with van der Waals surface area (Å²) in [5.74, 6) is 0.577. The highest BCUT2D eigenvalue weighted by atomic mass is 32.2. The maximum Gasteiger partial charge on any atom is 0.232 e. The zero-order chi connectivity index (χ0) is 23.1. The van der Waals surface area contributed by atoms with Crippen molar-refractivity contribution in [3.63, 3.8) is 0 Å². The van der Waals surface area contributed by atoms with E-state index in [-0.39, 0.29) is 30.0 Å². The number of hydrogen-bond acceptors (Lipinski definition) is 5. The normalized spacial score (nSPS) is 11.8. The van der Waals surface area contributed by atoms with Crippen molar-refractivity contribution in [2.45, 2.75) is 51.9 Å². The lowest BCUT2D eigenvalue weighted by Crippen LogP contribution is -2.28. The lowest BCUT2D eigenvalue weighted by Gasteiger charge is -2.14. The minimum atomic E-state index is -0.150. The lowest BCUT2D eigenvalue weighted by molar-refractivity contribution is -0.119. The van der Waals surface area contributed by atoms with Crippen LogP contribution in [0.3, 0.4) is 0 Å². The fourth-order valence-electron chi connectivity index (χ4n) is 3.51. The molecule has 0 saturated carbocycles. The van der Waals surface area contributed by atoms with Crippen LogP contribution >= 0.6 is 11.8 Å². The van der Waals surface area contributed by atoms with E-state index < -0.39 is 0 Å². The molecule has 3 rings (SSSR count). The van der Waals surface area contributed by atoms with Crippen molar-refractivity contribution < 1.29 is 9.59 Å². The third-order valence-corrected chi connectivity index (χ3v) is 5.91. The highest BCUT2D eigenvalue weighted by molar-refractivity contribution is 7.99. The summed E-state index contributed by atoms with van der Waals surface area (Å²) in [7, 11) is 0. The number of aryl methyl sites for hydroxylation is 2. The Labute approximate surface area is 193 Å². The van der Waals surface area contributed by atoms with Crippen molar-refractivity contribution in [2.24, 2.45) is 0 Å². The van der Waals surface area contributed by atoms with Gasteiger partial charge in [-0.25, -0.2) is 0 Å². The van der Waals surface area contributed by atoms with Crippen molar-refractivity contribution >= 4 is 29.3 Å². The third kappa shape index (κ3) is 6.43. The van der Waals surface area contributed by atoms with Crippen LogP contribution in [0.15, 0.2) is 53.7 Å². The van der Waals surface area contributed by atoms with Gasteiger partial charge in [0.1, 0.15) is 5.82 Å². The molecule has 2 aromatic carbocycles. The molecule has 0 aliphatic carbocycles. The molecule has 0 aliphatic rings. The number of anilines is 1. The van der Waals surface area contributed by atoms with E-state index in [0.717, 1.165) is 22.4 Å². The molecule has 32 heavy (non-hydrogen) atoms. The number of amides is 2. The average molecular weight is 452 g/mol. The Bertz CT molecular complexity index is 1060. The molecule has 8 heteroatoms. The lowest BCUT2D eigenvalue weighted by atomic mass is 10.1. The largest absolute Gasteiger partial charge is 0.349 e. The van der Waals surface area contributed by atoms with Crippen LogP contribution in [0.2, 0.25) is 0 Å². The van der Waals surface area contributed by atoms with E-state index in [0.29, 0.717) is 17.5 Å². The number of rotatable bonds is 9. The summed E-state index contributed by atoms with van der Waals surface area (Å²) in [6.07, 6.45) is 0.117. The van der Waals surface area contributed by atoms with E-state index in [1.54, 1.807) is 0 Å². The molecular formula is C24H29N5O2S. The van der Waals surface area contributed by atoms with Crippen LogP contribution in [0.1, 0.15) is 42.4 Å². The Kier molecular flexibility index (Phi) is 8.05. The number of hydrogen-bond donors (Lipinski definition) is 2. The van der Waals surface area contributed by atoms with Crippen LogP contribution in [0, 0.1) is 13.8 Å². The number of thioether (sulfide) groups is 1. The van der Waals surface area contributed by atoms with Gasteiger partial charge in [-0.15, -0.1) is 10.2 Å². The Morgan fingerprint density at radius 1 is 1.03 bits per heavy atom. The summed E-state index contributed by atoms with van der Waals surface area (Å²) >= 11 is 1.32. The second kappa shape index (κ2) is 10.9. The SMILES string of the molecule is CCn1c(CC(=O)Nc2cc(C)cc(C)c2)nnc1SCC(=O)N[C@H](C)c1ccccc1. The zero-order valence-corrected chi connectivity index (χ0v) is 19.7. The van der Waals surface area contributed by atoms with Gasteiger partial charge < -0.3 is 15.2 Å². The monoisotopic (exact) mass is 451 g/mol. The fraction of sp³-hybridized carbons (Fsp3) is 0.333. The van der Waals surface area contributed by atoms with Gasteiger partial charge in [0.25, 0.3) is 0 Å². The molecule has 7 nitrogen and oxygen atoms in total. The first-order valence-electron chi connectivity index (χ1n) is 10.6. The first kappa shape index (κ1) is 23.5. The molecule has 0 spiro atoms. The smallest absolute Gasteiger partial charge is 0.232 e. The van der Waals surface area contributed by atoms with Crippen LogP contribution in [0.4, 0.5) is 5.69 Å². The van der Waals surface area contributed by atoms with E-state index in [2.05, 4.69) is 26.9 Å². The molecule has 0 bridgehead atoms.